The number of likely N-dealkylation sites (tertiary alicyclic amines) is 1. The molecule has 1 atom stereocenters. The topological polar surface area (TPSA) is 66.6 Å². The molecule has 2 fully saturated rings. The maximum Gasteiger partial charge on any atom is 0.238 e. The van der Waals surface area contributed by atoms with Gasteiger partial charge in [0.15, 0.2) is 0 Å². The van der Waals surface area contributed by atoms with Gasteiger partial charge in [0.2, 0.25) is 11.8 Å². The van der Waals surface area contributed by atoms with Gasteiger partial charge in [-0.05, 0) is 52.1 Å². The van der Waals surface area contributed by atoms with Gasteiger partial charge in [-0.3, -0.25) is 9.59 Å². The van der Waals surface area contributed by atoms with Gasteiger partial charge in [-0.15, -0.1) is 0 Å². The third-order valence-electron chi connectivity index (χ3n) is 4.62. The first kappa shape index (κ1) is 14.3. The number of amides is 2. The third-order valence-corrected chi connectivity index (χ3v) is 4.62. The molecule has 0 spiro atoms. The molecule has 0 radical (unpaired) electrons. The first-order valence-electron chi connectivity index (χ1n) is 7.27. The molecule has 5 heteroatoms. The quantitative estimate of drug-likeness (QED) is 0.716. The van der Waals surface area contributed by atoms with E-state index in [1.54, 1.807) is 11.9 Å². The number of carbonyl (C=O) groups is 2. The predicted molar refractivity (Wildman–Crippen MR) is 73.4 cm³/mol. The zero-order chi connectivity index (χ0) is 14.0. The smallest absolute Gasteiger partial charge is 0.238 e. The van der Waals surface area contributed by atoms with Gasteiger partial charge in [0, 0.05) is 19.6 Å². The van der Waals surface area contributed by atoms with E-state index in [1.807, 2.05) is 0 Å². The van der Waals surface area contributed by atoms with Crippen LogP contribution in [0.4, 0.5) is 0 Å². The van der Waals surface area contributed by atoms with Crippen molar-refractivity contribution in [2.45, 2.75) is 45.1 Å². The first-order chi connectivity index (χ1) is 8.97. The van der Waals surface area contributed by atoms with Crippen molar-refractivity contribution in [1.29, 1.82) is 0 Å². The van der Waals surface area contributed by atoms with Crippen molar-refractivity contribution in [1.82, 2.24) is 9.80 Å². The minimum Gasteiger partial charge on any atom is -0.369 e. The molecule has 0 aromatic carbocycles. The van der Waals surface area contributed by atoms with Gasteiger partial charge in [0.05, 0.1) is 0 Å². The first-order valence-corrected chi connectivity index (χ1v) is 7.27. The van der Waals surface area contributed by atoms with Crippen molar-refractivity contribution in [2.75, 3.05) is 26.7 Å². The Labute approximate surface area is 115 Å². The average molecular weight is 267 g/mol. The zero-order valence-corrected chi connectivity index (χ0v) is 12.0. The Bertz CT molecular complexity index is 360. The van der Waals surface area contributed by atoms with Crippen LogP contribution >= 0.6 is 0 Å². The standard InChI is InChI=1S/C14H25N3O2/c1-11(17-8-3-4-9-17)5-10-16(2)13(19)14(6-7-14)12(15)18/h11H,3-10H2,1-2H3,(H2,15,18)/t11-/m1/s1. The molecule has 108 valence electrons. The summed E-state index contributed by atoms with van der Waals surface area (Å²) in [5, 5.41) is 0. The summed E-state index contributed by atoms with van der Waals surface area (Å²) in [6, 6.07) is 0.501. The number of rotatable bonds is 6. The van der Waals surface area contributed by atoms with E-state index in [-0.39, 0.29) is 5.91 Å². The Morgan fingerprint density at radius 2 is 1.89 bits per heavy atom. The third kappa shape index (κ3) is 2.91. The van der Waals surface area contributed by atoms with Crippen LogP contribution in [-0.2, 0) is 9.59 Å². The van der Waals surface area contributed by atoms with Gasteiger partial charge in [0.25, 0.3) is 0 Å². The van der Waals surface area contributed by atoms with Crippen LogP contribution in [0.2, 0.25) is 0 Å². The Kier molecular flexibility index (Phi) is 4.13. The van der Waals surface area contributed by atoms with Crippen LogP contribution < -0.4 is 5.73 Å². The van der Waals surface area contributed by atoms with Crippen molar-refractivity contribution in [3.8, 4) is 0 Å². The lowest BCUT2D eigenvalue weighted by molar-refractivity contribution is -0.142. The molecule has 19 heavy (non-hydrogen) atoms. The summed E-state index contributed by atoms with van der Waals surface area (Å²) in [6.07, 6.45) is 4.76. The molecule has 2 rings (SSSR count). The molecule has 5 nitrogen and oxygen atoms in total. The minimum atomic E-state index is -0.869. The highest BCUT2D eigenvalue weighted by atomic mass is 16.2. The number of nitrogens with zero attached hydrogens (tertiary/aromatic N) is 2. The van der Waals surface area contributed by atoms with Crippen LogP contribution in [0.1, 0.15) is 39.0 Å². The lowest BCUT2D eigenvalue weighted by atomic mass is 10.0. The lowest BCUT2D eigenvalue weighted by Crippen LogP contribution is -2.43. The predicted octanol–water partition coefficient (Wildman–Crippen LogP) is 0.585. The molecule has 2 N–H and O–H groups in total. The molecule has 1 aliphatic heterocycles. The summed E-state index contributed by atoms with van der Waals surface area (Å²) in [7, 11) is 1.78. The molecule has 0 bridgehead atoms. The van der Waals surface area contributed by atoms with Crippen LogP contribution in [0.3, 0.4) is 0 Å². The van der Waals surface area contributed by atoms with Gasteiger partial charge in [0.1, 0.15) is 5.41 Å². The summed E-state index contributed by atoms with van der Waals surface area (Å²) < 4.78 is 0. The summed E-state index contributed by atoms with van der Waals surface area (Å²) in [6.45, 7) is 5.25. The molecular formula is C14H25N3O2. The Morgan fingerprint density at radius 3 is 2.37 bits per heavy atom. The van der Waals surface area contributed by atoms with E-state index in [1.165, 1.54) is 25.9 Å². The van der Waals surface area contributed by atoms with E-state index in [2.05, 4.69) is 11.8 Å². The summed E-state index contributed by atoms with van der Waals surface area (Å²) in [5.41, 5.74) is 4.46. The second kappa shape index (κ2) is 5.49. The Morgan fingerprint density at radius 1 is 1.32 bits per heavy atom. The maximum atomic E-state index is 12.2. The van der Waals surface area contributed by atoms with E-state index >= 15 is 0 Å². The van der Waals surface area contributed by atoms with Gasteiger partial charge < -0.3 is 15.5 Å². The Hall–Kier alpha value is -1.10. The molecule has 0 aromatic rings. The zero-order valence-electron chi connectivity index (χ0n) is 12.0. The van der Waals surface area contributed by atoms with E-state index in [0.717, 1.165) is 6.42 Å². The van der Waals surface area contributed by atoms with Crippen molar-refractivity contribution in [2.24, 2.45) is 11.1 Å². The van der Waals surface area contributed by atoms with Crippen molar-refractivity contribution in [3.63, 3.8) is 0 Å². The average Bonchev–Trinajstić information content (AvgIpc) is 3.02. The summed E-state index contributed by atoms with van der Waals surface area (Å²) in [5.74, 6) is -0.550. The maximum absolute atomic E-state index is 12.2. The van der Waals surface area contributed by atoms with Crippen LogP contribution in [0.25, 0.3) is 0 Å². The molecule has 0 unspecified atom stereocenters. The van der Waals surface area contributed by atoms with Gasteiger partial charge in [-0.2, -0.15) is 0 Å². The fourth-order valence-electron chi connectivity index (χ4n) is 2.90. The van der Waals surface area contributed by atoms with Gasteiger partial charge in [-0.25, -0.2) is 0 Å². The summed E-state index contributed by atoms with van der Waals surface area (Å²) in [4.78, 5) is 27.7. The molecule has 1 heterocycles. The number of hydrogen-bond acceptors (Lipinski definition) is 3. The number of hydrogen-bond donors (Lipinski definition) is 1. The number of nitrogens with two attached hydrogens (primary N) is 1. The van der Waals surface area contributed by atoms with E-state index in [4.69, 9.17) is 5.73 Å². The van der Waals surface area contributed by atoms with Gasteiger partial charge in [-0.1, -0.05) is 0 Å². The number of primary amides is 1. The van der Waals surface area contributed by atoms with Crippen molar-refractivity contribution >= 4 is 11.8 Å². The Balaban J connectivity index is 1.79. The van der Waals surface area contributed by atoms with E-state index in [9.17, 15) is 9.59 Å². The highest BCUT2D eigenvalue weighted by Crippen LogP contribution is 2.46. The van der Waals surface area contributed by atoms with Crippen molar-refractivity contribution in [3.05, 3.63) is 0 Å². The van der Waals surface area contributed by atoms with E-state index in [0.29, 0.717) is 25.4 Å². The second-order valence-corrected chi connectivity index (χ2v) is 6.05. The van der Waals surface area contributed by atoms with Crippen molar-refractivity contribution < 1.29 is 9.59 Å². The molecular weight excluding hydrogens is 242 g/mol. The molecule has 0 aromatic heterocycles. The molecule has 2 amide bonds. The second-order valence-electron chi connectivity index (χ2n) is 6.05. The lowest BCUT2D eigenvalue weighted by Gasteiger charge is -2.27. The van der Waals surface area contributed by atoms with Gasteiger partial charge >= 0.3 is 0 Å². The highest BCUT2D eigenvalue weighted by molar-refractivity contribution is 6.07. The molecule has 2 aliphatic rings. The fraction of sp³-hybridized carbons (Fsp3) is 0.857. The SMILES string of the molecule is C[C@H](CCN(C)C(=O)C1(C(N)=O)CC1)N1CCCC1. The molecule has 1 saturated carbocycles. The fourth-order valence-corrected chi connectivity index (χ4v) is 2.90. The largest absolute Gasteiger partial charge is 0.369 e. The van der Waals surface area contributed by atoms with Crippen LogP contribution in [0, 0.1) is 5.41 Å². The minimum absolute atomic E-state index is 0.0892. The van der Waals surface area contributed by atoms with E-state index < -0.39 is 11.3 Å². The normalized spacial score (nSPS) is 23.1. The van der Waals surface area contributed by atoms with Crippen LogP contribution in [-0.4, -0.2) is 54.3 Å². The number of carbonyl (C=O) groups excluding carboxylic acids is 2. The van der Waals surface area contributed by atoms with Crippen LogP contribution in [0.15, 0.2) is 0 Å². The highest BCUT2D eigenvalue weighted by Gasteiger charge is 2.56. The molecule has 1 aliphatic carbocycles. The summed E-state index contributed by atoms with van der Waals surface area (Å²) >= 11 is 0. The molecule has 1 saturated heterocycles. The van der Waals surface area contributed by atoms with Crippen LogP contribution in [0.5, 0.6) is 0 Å². The monoisotopic (exact) mass is 267 g/mol.